The summed E-state index contributed by atoms with van der Waals surface area (Å²) < 4.78 is 15.4. The molecule has 0 bridgehead atoms. The molecule has 2 heterocycles. The van der Waals surface area contributed by atoms with Gasteiger partial charge < -0.3 is 19.5 Å². The molecule has 0 saturated carbocycles. The van der Waals surface area contributed by atoms with Gasteiger partial charge in [0.25, 0.3) is 0 Å². The molecule has 24 heavy (non-hydrogen) atoms. The van der Waals surface area contributed by atoms with Crippen molar-refractivity contribution in [1.29, 1.82) is 0 Å². The molecule has 2 aliphatic rings. The maximum atomic E-state index is 11.8. The quantitative estimate of drug-likeness (QED) is 0.763. The van der Waals surface area contributed by atoms with E-state index in [0.717, 1.165) is 5.04 Å². The Morgan fingerprint density at radius 1 is 1.38 bits per heavy atom. The molecule has 1 N–H and O–H groups in total. The van der Waals surface area contributed by atoms with Crippen LogP contribution in [0.2, 0.25) is 0 Å². The third-order valence-electron chi connectivity index (χ3n) is 3.21. The fourth-order valence-corrected chi connectivity index (χ4v) is 3.19. The maximum absolute atomic E-state index is 11.8. The Morgan fingerprint density at radius 2 is 2.08 bits per heavy atom. The molecule has 2 rings (SSSR count). The van der Waals surface area contributed by atoms with E-state index in [-0.39, 0.29) is 18.7 Å². The predicted molar refractivity (Wildman–Crippen MR) is 91.7 cm³/mol. The van der Waals surface area contributed by atoms with E-state index in [1.165, 1.54) is 18.9 Å². The smallest absolute Gasteiger partial charge is 0.408 e. The molecule has 0 radical (unpaired) electrons. The average Bonchev–Trinajstić information content (AvgIpc) is 3.13. The van der Waals surface area contributed by atoms with Crippen molar-refractivity contribution >= 4 is 34.8 Å². The van der Waals surface area contributed by atoms with Crippen LogP contribution >= 0.6 is 11.8 Å². The molecule has 1 amide bonds. The monoisotopic (exact) mass is 357 g/mol. The predicted octanol–water partition coefficient (Wildman–Crippen LogP) is 1.38. The number of carbonyl (C=O) groups excluding carboxylic acids is 2. The number of nitrogens with one attached hydrogen (secondary N) is 1. The molecule has 0 aliphatic carbocycles. The van der Waals surface area contributed by atoms with E-state index < -0.39 is 23.7 Å². The lowest BCUT2D eigenvalue weighted by Gasteiger charge is -2.21. The van der Waals surface area contributed by atoms with Gasteiger partial charge in [0.1, 0.15) is 18.2 Å². The summed E-state index contributed by atoms with van der Waals surface area (Å²) >= 11 is 1.52. The van der Waals surface area contributed by atoms with Gasteiger partial charge >= 0.3 is 12.1 Å². The van der Waals surface area contributed by atoms with E-state index in [2.05, 4.69) is 20.0 Å². The number of hydrogen-bond donors (Lipinski definition) is 1. The second-order valence-corrected chi connectivity index (χ2v) is 7.52. The summed E-state index contributed by atoms with van der Waals surface area (Å²) in [6, 6.07) is -1.14. The number of aliphatic imine (C=N–C) groups is 2. The molecule has 2 aliphatic heterocycles. The second-order valence-electron chi connectivity index (χ2n) is 6.48. The van der Waals surface area contributed by atoms with Crippen molar-refractivity contribution in [2.24, 2.45) is 9.98 Å². The van der Waals surface area contributed by atoms with Crippen LogP contribution in [0.25, 0.3) is 0 Å². The number of alkyl carbamates (subject to hydrolysis) is 1. The first kappa shape index (κ1) is 18.6. The fourth-order valence-electron chi connectivity index (χ4n) is 2.13. The number of hydrogen-bond acceptors (Lipinski definition) is 8. The van der Waals surface area contributed by atoms with Crippen molar-refractivity contribution in [1.82, 2.24) is 5.32 Å². The Balaban J connectivity index is 1.93. The number of thioether (sulfide) groups is 1. The van der Waals surface area contributed by atoms with Crippen molar-refractivity contribution in [3.05, 3.63) is 0 Å². The summed E-state index contributed by atoms with van der Waals surface area (Å²) in [6.07, 6.45) is -0.484. The van der Waals surface area contributed by atoms with Gasteiger partial charge in [-0.2, -0.15) is 0 Å². The Kier molecular flexibility index (Phi) is 5.74. The molecule has 8 nitrogen and oxygen atoms in total. The van der Waals surface area contributed by atoms with Crippen LogP contribution in [0.1, 0.15) is 27.7 Å². The molecule has 9 heteroatoms. The zero-order chi connectivity index (χ0) is 17.9. The van der Waals surface area contributed by atoms with Gasteiger partial charge in [-0.05, 0) is 27.7 Å². The third kappa shape index (κ3) is 4.86. The van der Waals surface area contributed by atoms with E-state index in [1.54, 1.807) is 0 Å². The van der Waals surface area contributed by atoms with Gasteiger partial charge in [-0.25, -0.2) is 14.6 Å². The molecule has 3 atom stereocenters. The fraction of sp³-hybridized carbons (Fsp3) is 0.733. The number of nitrogens with zero attached hydrogens (tertiary/aromatic N) is 2. The van der Waals surface area contributed by atoms with Crippen molar-refractivity contribution in [2.45, 2.75) is 51.4 Å². The molecule has 0 spiro atoms. The summed E-state index contributed by atoms with van der Waals surface area (Å²) in [6.45, 7) is 7.44. The summed E-state index contributed by atoms with van der Waals surface area (Å²) in [7, 11) is 1.32. The normalized spacial score (nSPS) is 24.5. The van der Waals surface area contributed by atoms with Crippen LogP contribution < -0.4 is 5.32 Å². The molecule has 134 valence electrons. The molecular weight excluding hydrogens is 334 g/mol. The van der Waals surface area contributed by atoms with Crippen molar-refractivity contribution in [3.63, 3.8) is 0 Å². The Hall–Kier alpha value is -1.77. The van der Waals surface area contributed by atoms with Crippen LogP contribution in [0.15, 0.2) is 9.98 Å². The number of amides is 1. The highest BCUT2D eigenvalue weighted by Gasteiger charge is 2.34. The van der Waals surface area contributed by atoms with Gasteiger partial charge in [0.05, 0.1) is 18.2 Å². The minimum absolute atomic E-state index is 0.180. The molecular formula is C15H23N3O5S. The highest BCUT2D eigenvalue weighted by Crippen LogP contribution is 2.24. The largest absolute Gasteiger partial charge is 0.476 e. The lowest BCUT2D eigenvalue weighted by atomic mass is 10.2. The number of methoxy groups -OCH3 is 1. The molecule has 0 aromatic heterocycles. The van der Waals surface area contributed by atoms with E-state index in [1.807, 2.05) is 27.7 Å². The van der Waals surface area contributed by atoms with Gasteiger partial charge in [0.15, 0.2) is 6.04 Å². The Labute approximate surface area is 145 Å². The number of ether oxygens (including phenoxy) is 3. The van der Waals surface area contributed by atoms with E-state index in [4.69, 9.17) is 9.47 Å². The van der Waals surface area contributed by atoms with Crippen LogP contribution in [-0.4, -0.2) is 66.2 Å². The molecule has 0 saturated heterocycles. The van der Waals surface area contributed by atoms with Crippen LogP contribution in [0.4, 0.5) is 4.79 Å². The van der Waals surface area contributed by atoms with Gasteiger partial charge in [0.2, 0.25) is 5.90 Å². The summed E-state index contributed by atoms with van der Waals surface area (Å²) in [5, 5.41) is 3.53. The van der Waals surface area contributed by atoms with Crippen molar-refractivity contribution < 1.29 is 23.8 Å². The van der Waals surface area contributed by atoms with E-state index in [0.29, 0.717) is 11.7 Å². The topological polar surface area (TPSA) is 98.6 Å². The van der Waals surface area contributed by atoms with Gasteiger partial charge in [0, 0.05) is 5.75 Å². The molecule has 2 unspecified atom stereocenters. The van der Waals surface area contributed by atoms with Crippen molar-refractivity contribution in [2.75, 3.05) is 19.5 Å². The summed E-state index contributed by atoms with van der Waals surface area (Å²) in [5.74, 6) is 0.680. The van der Waals surface area contributed by atoms with Crippen LogP contribution in [0, 0.1) is 0 Å². The van der Waals surface area contributed by atoms with Crippen LogP contribution in [-0.2, 0) is 19.0 Å². The molecule has 0 fully saturated rings. The maximum Gasteiger partial charge on any atom is 0.408 e. The first-order valence-electron chi connectivity index (χ1n) is 7.68. The lowest BCUT2D eigenvalue weighted by Crippen LogP contribution is -2.40. The van der Waals surface area contributed by atoms with E-state index in [9.17, 15) is 9.59 Å². The third-order valence-corrected chi connectivity index (χ3v) is 4.44. The van der Waals surface area contributed by atoms with Gasteiger partial charge in [-0.15, -0.1) is 11.8 Å². The van der Waals surface area contributed by atoms with Gasteiger partial charge in [-0.1, -0.05) is 0 Å². The van der Waals surface area contributed by atoms with Crippen LogP contribution in [0.3, 0.4) is 0 Å². The Morgan fingerprint density at radius 3 is 2.71 bits per heavy atom. The lowest BCUT2D eigenvalue weighted by molar-refractivity contribution is -0.142. The summed E-state index contributed by atoms with van der Waals surface area (Å²) in [4.78, 5) is 32.1. The summed E-state index contributed by atoms with van der Waals surface area (Å²) in [5.41, 5.74) is -0.549. The highest BCUT2D eigenvalue weighted by molar-refractivity contribution is 8.14. The number of esters is 1. The molecule has 0 aromatic carbocycles. The Bertz CT molecular complexity index is 570. The zero-order valence-corrected chi connectivity index (χ0v) is 15.3. The van der Waals surface area contributed by atoms with Crippen molar-refractivity contribution in [3.8, 4) is 0 Å². The number of carbonyl (C=O) groups is 2. The first-order chi connectivity index (χ1) is 11.2. The molecule has 0 aromatic rings. The standard InChI is InChI=1S/C15H23N3O5S/c1-8(16-14(20)23-15(2,3)4)12-18-10(7-24-12)11-17-9(6-22-11)13(19)21-5/h8-10H,6-7H2,1-5H3,(H,16,20)/t8-,9?,10?/m0/s1. The van der Waals surface area contributed by atoms with Crippen LogP contribution in [0.5, 0.6) is 0 Å². The van der Waals surface area contributed by atoms with Gasteiger partial charge in [-0.3, -0.25) is 4.99 Å². The minimum Gasteiger partial charge on any atom is -0.476 e. The highest BCUT2D eigenvalue weighted by atomic mass is 32.2. The second kappa shape index (κ2) is 7.42. The minimum atomic E-state index is -0.619. The van der Waals surface area contributed by atoms with E-state index >= 15 is 0 Å². The number of rotatable bonds is 4. The average molecular weight is 357 g/mol. The SMILES string of the molecule is COC(=O)C1COC(C2CSC([C@H](C)NC(=O)OC(C)(C)C)=N2)=N1. The zero-order valence-electron chi connectivity index (χ0n) is 14.5. The first-order valence-corrected chi connectivity index (χ1v) is 8.66.